The van der Waals surface area contributed by atoms with E-state index in [1.54, 1.807) is 0 Å². The summed E-state index contributed by atoms with van der Waals surface area (Å²) in [5.74, 6) is -2.41. The van der Waals surface area contributed by atoms with Crippen LogP contribution < -0.4 is 16.2 Å². The molecule has 32 heavy (non-hydrogen) atoms. The first-order chi connectivity index (χ1) is 15.4. The highest BCUT2D eigenvalue weighted by atomic mass is 19.1. The van der Waals surface area contributed by atoms with Crippen molar-refractivity contribution >= 4 is 29.8 Å². The molecule has 2 heterocycles. The van der Waals surface area contributed by atoms with Gasteiger partial charge in [0.05, 0.1) is 18.7 Å². The summed E-state index contributed by atoms with van der Waals surface area (Å²) in [5, 5.41) is 12.6. The number of hydroxylamine groups is 2. The van der Waals surface area contributed by atoms with E-state index >= 15 is 0 Å². The molecule has 2 aromatic heterocycles. The molecule has 3 rings (SSSR count). The Morgan fingerprint density at radius 1 is 1.28 bits per heavy atom. The van der Waals surface area contributed by atoms with E-state index in [9.17, 15) is 23.6 Å². The van der Waals surface area contributed by atoms with Gasteiger partial charge in [-0.2, -0.15) is 4.39 Å². The summed E-state index contributed by atoms with van der Waals surface area (Å²) in [6.45, 7) is 1.36. The molecule has 0 aliphatic heterocycles. The van der Waals surface area contributed by atoms with Gasteiger partial charge in [-0.1, -0.05) is 25.7 Å². The van der Waals surface area contributed by atoms with Crippen LogP contribution in [0.25, 0.3) is 0 Å². The molecule has 10 nitrogen and oxygen atoms in total. The third-order valence-electron chi connectivity index (χ3n) is 5.23. The number of halogens is 2. The van der Waals surface area contributed by atoms with Crippen molar-refractivity contribution < 1.29 is 23.6 Å². The van der Waals surface area contributed by atoms with Crippen molar-refractivity contribution in [2.24, 2.45) is 11.8 Å². The molecule has 1 aliphatic carbocycles. The molecular weight excluding hydrogens is 424 g/mol. The van der Waals surface area contributed by atoms with E-state index in [0.29, 0.717) is 17.4 Å². The first-order valence-electron chi connectivity index (χ1n) is 10.2. The fraction of sp³-hybridized carbons (Fsp3) is 0.450. The number of hydrogen-bond acceptors (Lipinski definition) is 8. The van der Waals surface area contributed by atoms with Crippen molar-refractivity contribution in [3.05, 3.63) is 35.8 Å². The predicted octanol–water partition coefficient (Wildman–Crippen LogP) is 2.69. The van der Waals surface area contributed by atoms with Crippen molar-refractivity contribution in [3.8, 4) is 0 Å². The summed E-state index contributed by atoms with van der Waals surface area (Å²) < 4.78 is 27.9. The molecule has 1 saturated carbocycles. The lowest BCUT2D eigenvalue weighted by atomic mass is 9.92. The molecule has 1 aliphatic rings. The lowest BCUT2D eigenvalue weighted by molar-refractivity contribution is -0.154. The Balaban J connectivity index is 1.69. The highest BCUT2D eigenvalue weighted by Crippen LogP contribution is 2.30. The van der Waals surface area contributed by atoms with Gasteiger partial charge < -0.3 is 5.32 Å². The first-order valence-corrected chi connectivity index (χ1v) is 10.2. The van der Waals surface area contributed by atoms with Gasteiger partial charge in [-0.25, -0.2) is 24.4 Å². The number of hydrogen-bond donors (Lipinski definition) is 4. The van der Waals surface area contributed by atoms with Crippen molar-refractivity contribution in [2.45, 2.75) is 39.0 Å². The smallest absolute Gasteiger partial charge is 0.243 e. The normalized spacial score (nSPS) is 14.6. The summed E-state index contributed by atoms with van der Waals surface area (Å²) in [4.78, 5) is 35.2. The number of anilines is 3. The van der Waals surface area contributed by atoms with Gasteiger partial charge >= 0.3 is 0 Å². The fourth-order valence-corrected chi connectivity index (χ4v) is 3.70. The summed E-state index contributed by atoms with van der Waals surface area (Å²) in [6.07, 6.45) is 5.83. The fourth-order valence-electron chi connectivity index (χ4n) is 3.70. The van der Waals surface area contributed by atoms with E-state index in [0.717, 1.165) is 37.9 Å². The SMILES string of the molecule is Cc1nc(NNC(=O)[C@H](CC2CCCC2)CN(O)C=O)c(F)c(Nc2ccc(F)cn2)n1. The van der Waals surface area contributed by atoms with Crippen LogP contribution in [-0.4, -0.2) is 44.1 Å². The van der Waals surface area contributed by atoms with Crippen molar-refractivity contribution in [3.63, 3.8) is 0 Å². The van der Waals surface area contributed by atoms with Crippen LogP contribution in [0.3, 0.4) is 0 Å². The van der Waals surface area contributed by atoms with Gasteiger partial charge in [-0.05, 0) is 31.4 Å². The van der Waals surface area contributed by atoms with Crippen LogP contribution in [0, 0.1) is 30.4 Å². The van der Waals surface area contributed by atoms with Crippen LogP contribution in [0.5, 0.6) is 0 Å². The van der Waals surface area contributed by atoms with E-state index in [1.165, 1.54) is 13.0 Å². The van der Waals surface area contributed by atoms with E-state index in [1.807, 2.05) is 0 Å². The van der Waals surface area contributed by atoms with E-state index < -0.39 is 23.5 Å². The zero-order valence-corrected chi connectivity index (χ0v) is 17.5. The molecule has 172 valence electrons. The van der Waals surface area contributed by atoms with E-state index in [2.05, 4.69) is 31.1 Å². The maximum Gasteiger partial charge on any atom is 0.243 e. The maximum absolute atomic E-state index is 14.9. The Kier molecular flexibility index (Phi) is 7.82. The number of carbonyl (C=O) groups excluding carboxylic acids is 2. The molecule has 2 aromatic rings. The molecule has 0 radical (unpaired) electrons. The molecule has 1 fully saturated rings. The lowest BCUT2D eigenvalue weighted by Gasteiger charge is -2.22. The molecule has 0 spiro atoms. The third kappa shape index (κ3) is 6.30. The van der Waals surface area contributed by atoms with Crippen LogP contribution in [0.2, 0.25) is 0 Å². The maximum atomic E-state index is 14.9. The average molecular weight is 449 g/mol. The number of hydrazine groups is 1. The zero-order valence-electron chi connectivity index (χ0n) is 17.5. The number of nitrogens with one attached hydrogen (secondary N) is 3. The summed E-state index contributed by atoms with van der Waals surface area (Å²) >= 11 is 0. The predicted molar refractivity (Wildman–Crippen MR) is 111 cm³/mol. The number of aryl methyl sites for hydroxylation is 1. The van der Waals surface area contributed by atoms with Crippen molar-refractivity contribution in [1.29, 1.82) is 0 Å². The molecule has 0 unspecified atom stereocenters. The number of pyridine rings is 1. The number of amides is 2. The number of aromatic nitrogens is 3. The van der Waals surface area contributed by atoms with Gasteiger partial charge in [0, 0.05) is 0 Å². The minimum Gasteiger partial charge on any atom is -0.322 e. The minimum atomic E-state index is -0.883. The Bertz CT molecular complexity index is 940. The molecule has 12 heteroatoms. The highest BCUT2D eigenvalue weighted by Gasteiger charge is 2.27. The van der Waals surface area contributed by atoms with E-state index in [-0.39, 0.29) is 36.2 Å². The second kappa shape index (κ2) is 10.8. The van der Waals surface area contributed by atoms with Crippen LogP contribution >= 0.6 is 0 Å². The molecule has 0 bridgehead atoms. The number of carbonyl (C=O) groups is 2. The van der Waals surface area contributed by atoms with Gasteiger partial charge in [0.15, 0.2) is 11.6 Å². The van der Waals surface area contributed by atoms with Crippen molar-refractivity contribution in [2.75, 3.05) is 17.3 Å². The van der Waals surface area contributed by atoms with E-state index in [4.69, 9.17) is 0 Å². The summed E-state index contributed by atoms with van der Waals surface area (Å²) in [5.41, 5.74) is 4.85. The van der Waals surface area contributed by atoms with Crippen molar-refractivity contribution in [1.82, 2.24) is 25.4 Å². The average Bonchev–Trinajstić information content (AvgIpc) is 3.29. The molecular formula is C20H25F2N7O3. The molecule has 0 aromatic carbocycles. The van der Waals surface area contributed by atoms with Crippen LogP contribution in [0.4, 0.5) is 26.2 Å². The summed E-state index contributed by atoms with van der Waals surface area (Å²) in [7, 11) is 0. The van der Waals surface area contributed by atoms with Crippen LogP contribution in [0.15, 0.2) is 18.3 Å². The zero-order chi connectivity index (χ0) is 23.1. The Labute approximate surface area is 183 Å². The second-order valence-corrected chi connectivity index (χ2v) is 7.69. The largest absolute Gasteiger partial charge is 0.322 e. The van der Waals surface area contributed by atoms with Gasteiger partial charge in [0.2, 0.25) is 18.1 Å². The van der Waals surface area contributed by atoms with Gasteiger partial charge in [-0.15, -0.1) is 0 Å². The highest BCUT2D eigenvalue weighted by molar-refractivity contribution is 5.80. The molecule has 2 amide bonds. The van der Waals surface area contributed by atoms with Gasteiger partial charge in [0.25, 0.3) is 0 Å². The quantitative estimate of drug-likeness (QED) is 0.247. The first kappa shape index (κ1) is 23.3. The van der Waals surface area contributed by atoms with Gasteiger partial charge in [-0.3, -0.25) is 25.6 Å². The van der Waals surface area contributed by atoms with Gasteiger partial charge in [0.1, 0.15) is 17.5 Å². The van der Waals surface area contributed by atoms with Crippen LogP contribution in [0.1, 0.15) is 37.9 Å². The topological polar surface area (TPSA) is 132 Å². The number of rotatable bonds is 10. The second-order valence-electron chi connectivity index (χ2n) is 7.69. The van der Waals surface area contributed by atoms with Crippen LogP contribution in [-0.2, 0) is 9.59 Å². The summed E-state index contributed by atoms with van der Waals surface area (Å²) in [6, 6.07) is 2.48. The molecule has 1 atom stereocenters. The Morgan fingerprint density at radius 2 is 2.00 bits per heavy atom. The Morgan fingerprint density at radius 3 is 2.66 bits per heavy atom. The lowest BCUT2D eigenvalue weighted by Crippen LogP contribution is -2.41. The monoisotopic (exact) mass is 449 g/mol. The molecule has 0 saturated heterocycles. The third-order valence-corrected chi connectivity index (χ3v) is 5.23. The standard InChI is InChI=1S/C20H25F2N7O3/c1-12-24-18(26-16-7-6-15(21)9-23-16)17(22)19(25-12)27-28-20(31)14(10-29(32)11-30)8-13-4-2-3-5-13/h6-7,9,11,13-14,32H,2-5,8,10H2,1H3,(H,28,31)(H2,23,24,25,26,27)/t14-/m1/s1. The Hall–Kier alpha value is -3.41. The molecule has 4 N–H and O–H groups in total. The minimum absolute atomic E-state index is 0.173. The number of nitrogens with zero attached hydrogens (tertiary/aromatic N) is 4.